The van der Waals surface area contributed by atoms with E-state index >= 15 is 0 Å². The van der Waals surface area contributed by atoms with Gasteiger partial charge in [0.05, 0.1) is 11.2 Å². The van der Waals surface area contributed by atoms with Crippen LogP contribution in [-0.2, 0) is 0 Å². The molecule has 0 saturated heterocycles. The Bertz CT molecular complexity index is 738. The van der Waals surface area contributed by atoms with Gasteiger partial charge in [-0.1, -0.05) is 26.0 Å². The molecule has 18 heavy (non-hydrogen) atoms. The van der Waals surface area contributed by atoms with Crippen molar-refractivity contribution in [2.24, 2.45) is 0 Å². The van der Waals surface area contributed by atoms with Crippen LogP contribution in [0.15, 0.2) is 24.3 Å². The predicted molar refractivity (Wildman–Crippen MR) is 76.8 cm³/mol. The molecule has 3 rings (SSSR count). The molecular weight excluding hydrogens is 222 g/mol. The van der Waals surface area contributed by atoms with Crippen LogP contribution in [0.1, 0.15) is 31.0 Å². The molecule has 2 aromatic heterocycles. The standard InChI is InChI=1S/C15H17N3/c1-8(2)14-15-10(7-12(16)18-14)13-9(3)5-4-6-11(13)17-15/h4-8,17H,1-3H3,(H2,16,18). The first-order valence-corrected chi connectivity index (χ1v) is 6.25. The van der Waals surface area contributed by atoms with Gasteiger partial charge in [0.1, 0.15) is 5.82 Å². The van der Waals surface area contributed by atoms with Crippen LogP contribution in [0.3, 0.4) is 0 Å². The molecule has 0 radical (unpaired) electrons. The molecule has 0 aliphatic carbocycles. The highest BCUT2D eigenvalue weighted by Crippen LogP contribution is 2.32. The highest BCUT2D eigenvalue weighted by molar-refractivity contribution is 6.10. The number of hydrogen-bond acceptors (Lipinski definition) is 2. The van der Waals surface area contributed by atoms with Gasteiger partial charge in [0, 0.05) is 16.3 Å². The van der Waals surface area contributed by atoms with Crippen molar-refractivity contribution in [1.82, 2.24) is 9.97 Å². The van der Waals surface area contributed by atoms with Crippen LogP contribution < -0.4 is 5.73 Å². The SMILES string of the molecule is Cc1cccc2[nH]c3c(C(C)C)nc(N)cc3c12. The van der Waals surface area contributed by atoms with Crippen LogP contribution in [-0.4, -0.2) is 9.97 Å². The van der Waals surface area contributed by atoms with Crippen LogP contribution in [0.4, 0.5) is 5.82 Å². The maximum atomic E-state index is 5.94. The second-order valence-electron chi connectivity index (χ2n) is 5.13. The lowest BCUT2D eigenvalue weighted by molar-refractivity contribution is 0.834. The average molecular weight is 239 g/mol. The number of aromatic nitrogens is 2. The lowest BCUT2D eigenvalue weighted by atomic mass is 10.0. The van der Waals surface area contributed by atoms with E-state index in [4.69, 9.17) is 5.73 Å². The van der Waals surface area contributed by atoms with E-state index in [-0.39, 0.29) is 0 Å². The normalized spacial score (nSPS) is 11.8. The molecule has 0 aliphatic heterocycles. The number of hydrogen-bond donors (Lipinski definition) is 2. The number of benzene rings is 1. The first kappa shape index (κ1) is 11.1. The summed E-state index contributed by atoms with van der Waals surface area (Å²) in [6.45, 7) is 6.40. The van der Waals surface area contributed by atoms with E-state index in [2.05, 4.69) is 48.9 Å². The number of nitrogens with zero attached hydrogens (tertiary/aromatic N) is 1. The van der Waals surface area contributed by atoms with Gasteiger partial charge in [-0.3, -0.25) is 0 Å². The fourth-order valence-electron chi connectivity index (χ4n) is 2.60. The van der Waals surface area contributed by atoms with Gasteiger partial charge in [0.2, 0.25) is 0 Å². The number of aromatic amines is 1. The molecule has 0 bridgehead atoms. The number of rotatable bonds is 1. The Hall–Kier alpha value is -2.03. The van der Waals surface area contributed by atoms with E-state index in [1.165, 1.54) is 16.3 Å². The molecule has 0 unspecified atom stereocenters. The second kappa shape index (κ2) is 3.73. The summed E-state index contributed by atoms with van der Waals surface area (Å²) < 4.78 is 0. The van der Waals surface area contributed by atoms with Crippen molar-refractivity contribution in [2.75, 3.05) is 5.73 Å². The molecule has 3 heteroatoms. The van der Waals surface area contributed by atoms with Crippen molar-refractivity contribution in [3.05, 3.63) is 35.5 Å². The van der Waals surface area contributed by atoms with Gasteiger partial charge in [0.25, 0.3) is 0 Å². The van der Waals surface area contributed by atoms with E-state index in [0.29, 0.717) is 11.7 Å². The maximum Gasteiger partial charge on any atom is 0.124 e. The lowest BCUT2D eigenvalue weighted by Crippen LogP contribution is -1.98. The summed E-state index contributed by atoms with van der Waals surface area (Å²) in [7, 11) is 0. The van der Waals surface area contributed by atoms with Crippen molar-refractivity contribution in [2.45, 2.75) is 26.7 Å². The summed E-state index contributed by atoms with van der Waals surface area (Å²) in [5.41, 5.74) is 10.5. The molecule has 3 N–H and O–H groups in total. The van der Waals surface area contributed by atoms with Crippen molar-refractivity contribution in [3.8, 4) is 0 Å². The first-order valence-electron chi connectivity index (χ1n) is 6.25. The largest absolute Gasteiger partial charge is 0.384 e. The Kier molecular flexibility index (Phi) is 2.30. The summed E-state index contributed by atoms with van der Waals surface area (Å²) in [5, 5.41) is 2.43. The van der Waals surface area contributed by atoms with Crippen molar-refractivity contribution in [1.29, 1.82) is 0 Å². The zero-order valence-electron chi connectivity index (χ0n) is 10.9. The van der Waals surface area contributed by atoms with Crippen LogP contribution in [0.5, 0.6) is 0 Å². The molecule has 0 saturated carbocycles. The fourth-order valence-corrected chi connectivity index (χ4v) is 2.60. The van der Waals surface area contributed by atoms with Gasteiger partial charge < -0.3 is 10.7 Å². The van der Waals surface area contributed by atoms with E-state index in [0.717, 1.165) is 16.7 Å². The van der Waals surface area contributed by atoms with E-state index in [1.54, 1.807) is 0 Å². The molecular formula is C15H17N3. The third kappa shape index (κ3) is 1.47. The summed E-state index contributed by atoms with van der Waals surface area (Å²) >= 11 is 0. The quantitative estimate of drug-likeness (QED) is 0.679. The Labute approximate surface area is 106 Å². The molecule has 3 nitrogen and oxygen atoms in total. The minimum atomic E-state index is 0.351. The number of fused-ring (bicyclic) bond motifs is 3. The number of pyridine rings is 1. The van der Waals surface area contributed by atoms with Crippen LogP contribution >= 0.6 is 0 Å². The smallest absolute Gasteiger partial charge is 0.124 e. The van der Waals surface area contributed by atoms with Gasteiger partial charge >= 0.3 is 0 Å². The van der Waals surface area contributed by atoms with Crippen LogP contribution in [0, 0.1) is 6.92 Å². The second-order valence-corrected chi connectivity index (χ2v) is 5.13. The highest BCUT2D eigenvalue weighted by Gasteiger charge is 2.14. The summed E-state index contributed by atoms with van der Waals surface area (Å²) in [6.07, 6.45) is 0. The molecule has 0 atom stereocenters. The fraction of sp³-hybridized carbons (Fsp3) is 0.267. The van der Waals surface area contributed by atoms with Gasteiger partial charge in [-0.15, -0.1) is 0 Å². The molecule has 0 fully saturated rings. The van der Waals surface area contributed by atoms with Crippen molar-refractivity contribution < 1.29 is 0 Å². The zero-order chi connectivity index (χ0) is 12.9. The lowest BCUT2D eigenvalue weighted by Gasteiger charge is -2.07. The van der Waals surface area contributed by atoms with Gasteiger partial charge in [0.15, 0.2) is 0 Å². The van der Waals surface area contributed by atoms with E-state index in [9.17, 15) is 0 Å². The molecule has 92 valence electrons. The summed E-state index contributed by atoms with van der Waals surface area (Å²) in [4.78, 5) is 7.95. The van der Waals surface area contributed by atoms with Crippen LogP contribution in [0.25, 0.3) is 21.8 Å². The number of nitrogens with two attached hydrogens (primary N) is 1. The topological polar surface area (TPSA) is 54.7 Å². The van der Waals surface area contributed by atoms with E-state index in [1.807, 2.05) is 6.07 Å². The summed E-state index contributed by atoms with van der Waals surface area (Å²) in [5.74, 6) is 0.944. The third-order valence-corrected chi connectivity index (χ3v) is 3.42. The number of H-pyrrole nitrogens is 1. The number of nitrogen functional groups attached to an aromatic ring is 1. The van der Waals surface area contributed by atoms with Crippen molar-refractivity contribution >= 4 is 27.6 Å². The molecule has 1 aromatic carbocycles. The average Bonchev–Trinajstić information content (AvgIpc) is 2.67. The monoisotopic (exact) mass is 239 g/mol. The molecule has 0 spiro atoms. The number of anilines is 1. The number of nitrogens with one attached hydrogen (secondary N) is 1. The van der Waals surface area contributed by atoms with E-state index < -0.39 is 0 Å². The van der Waals surface area contributed by atoms with Gasteiger partial charge in [-0.05, 0) is 30.5 Å². The van der Waals surface area contributed by atoms with Gasteiger partial charge in [-0.2, -0.15) is 0 Å². The zero-order valence-corrected chi connectivity index (χ0v) is 10.9. The molecule has 2 heterocycles. The van der Waals surface area contributed by atoms with Crippen molar-refractivity contribution in [3.63, 3.8) is 0 Å². The van der Waals surface area contributed by atoms with Gasteiger partial charge in [-0.25, -0.2) is 4.98 Å². The maximum absolute atomic E-state index is 5.94. The number of aryl methyl sites for hydroxylation is 1. The minimum Gasteiger partial charge on any atom is -0.384 e. The summed E-state index contributed by atoms with van der Waals surface area (Å²) in [6, 6.07) is 8.26. The Morgan fingerprint density at radius 3 is 2.78 bits per heavy atom. The first-order chi connectivity index (χ1) is 8.58. The molecule has 0 aliphatic rings. The molecule has 0 amide bonds. The Morgan fingerprint density at radius 2 is 2.06 bits per heavy atom. The minimum absolute atomic E-state index is 0.351. The Balaban J connectivity index is 2.54. The van der Waals surface area contributed by atoms with Crippen LogP contribution in [0.2, 0.25) is 0 Å². The predicted octanol–water partition coefficient (Wildman–Crippen LogP) is 3.73. The Morgan fingerprint density at radius 1 is 1.28 bits per heavy atom. The highest BCUT2D eigenvalue weighted by atomic mass is 14.9. The molecule has 3 aromatic rings. The third-order valence-electron chi connectivity index (χ3n) is 3.42.